The van der Waals surface area contributed by atoms with E-state index in [1.165, 1.54) is 12.1 Å². The number of pyridine rings is 1. The second kappa shape index (κ2) is 6.02. The molecule has 1 amide bonds. The van der Waals surface area contributed by atoms with Gasteiger partial charge in [-0.15, -0.1) is 0 Å². The number of hydrogen-bond donors (Lipinski definition) is 1. The van der Waals surface area contributed by atoms with Crippen LogP contribution in [0.4, 0.5) is 10.1 Å². The topological polar surface area (TPSA) is 42.0 Å². The normalized spacial score (nSPS) is 10.7. The molecule has 0 saturated carbocycles. The molecule has 0 radical (unpaired) electrons. The van der Waals surface area contributed by atoms with Crippen LogP contribution in [-0.2, 0) is 0 Å². The first-order valence-corrected chi connectivity index (χ1v) is 7.53. The molecule has 1 heterocycles. The Bertz CT molecular complexity index is 885. The number of anilines is 1. The molecule has 2 aromatic carbocycles. The fourth-order valence-electron chi connectivity index (χ4n) is 2.05. The van der Waals surface area contributed by atoms with Crippen LogP contribution < -0.4 is 5.32 Å². The molecule has 0 saturated heterocycles. The van der Waals surface area contributed by atoms with Gasteiger partial charge in [0.15, 0.2) is 0 Å². The number of carbonyl (C=O) groups is 1. The number of carbonyl (C=O) groups excluding carboxylic acids is 1. The van der Waals surface area contributed by atoms with Crippen LogP contribution in [0.25, 0.3) is 10.8 Å². The van der Waals surface area contributed by atoms with Gasteiger partial charge in [0, 0.05) is 9.86 Å². The van der Waals surface area contributed by atoms with Crippen molar-refractivity contribution in [1.82, 2.24) is 4.98 Å². The molecule has 3 rings (SSSR count). The third-order valence-electron chi connectivity index (χ3n) is 3.11. The largest absolute Gasteiger partial charge is 0.318 e. The number of amides is 1. The maximum Gasteiger partial charge on any atom is 0.274 e. The third-order valence-corrected chi connectivity index (χ3v) is 3.89. The van der Waals surface area contributed by atoms with Crippen LogP contribution in [0, 0.1) is 5.82 Å². The van der Waals surface area contributed by atoms with Gasteiger partial charge >= 0.3 is 0 Å². The van der Waals surface area contributed by atoms with Crippen LogP contribution in [0.3, 0.4) is 0 Å². The molecule has 3 nitrogen and oxygen atoms in total. The highest BCUT2D eigenvalue weighted by atomic mass is 79.9. The molecule has 1 aromatic heterocycles. The number of halogens is 3. The minimum atomic E-state index is -0.533. The Kier molecular flexibility index (Phi) is 4.09. The standard InChI is InChI=1S/C16H9BrClFN2O/c17-10-5-6-13(12(19)8-10)21-16(22)14-7-9-3-1-2-4-11(9)15(18)20-14/h1-8H,(H,21,22). The van der Waals surface area contributed by atoms with Gasteiger partial charge < -0.3 is 5.32 Å². The third kappa shape index (κ3) is 2.96. The maximum atomic E-state index is 13.8. The van der Waals surface area contributed by atoms with E-state index in [4.69, 9.17) is 11.6 Å². The van der Waals surface area contributed by atoms with E-state index in [0.29, 0.717) is 4.47 Å². The van der Waals surface area contributed by atoms with Crippen LogP contribution in [0.1, 0.15) is 10.5 Å². The van der Waals surface area contributed by atoms with Gasteiger partial charge in [0.2, 0.25) is 0 Å². The van der Waals surface area contributed by atoms with Crippen molar-refractivity contribution in [3.8, 4) is 0 Å². The summed E-state index contributed by atoms with van der Waals surface area (Å²) >= 11 is 9.25. The lowest BCUT2D eigenvalue weighted by atomic mass is 10.1. The van der Waals surface area contributed by atoms with E-state index in [1.807, 2.05) is 24.3 Å². The van der Waals surface area contributed by atoms with Crippen molar-refractivity contribution in [3.05, 3.63) is 69.7 Å². The van der Waals surface area contributed by atoms with E-state index in [0.717, 1.165) is 10.8 Å². The number of nitrogens with one attached hydrogen (secondary N) is 1. The zero-order valence-electron chi connectivity index (χ0n) is 11.1. The van der Waals surface area contributed by atoms with Gasteiger partial charge in [-0.2, -0.15) is 0 Å². The Morgan fingerprint density at radius 2 is 1.95 bits per heavy atom. The molecule has 22 heavy (non-hydrogen) atoms. The number of hydrogen-bond acceptors (Lipinski definition) is 2. The van der Waals surface area contributed by atoms with Crippen molar-refractivity contribution in [3.63, 3.8) is 0 Å². The first-order valence-electron chi connectivity index (χ1n) is 6.36. The summed E-state index contributed by atoms with van der Waals surface area (Å²) in [5, 5.41) is 4.28. The number of nitrogens with zero attached hydrogens (tertiary/aromatic N) is 1. The lowest BCUT2D eigenvalue weighted by Gasteiger charge is -2.08. The molecular formula is C16H9BrClFN2O. The first kappa shape index (κ1) is 14.9. The van der Waals surface area contributed by atoms with Crippen LogP contribution in [0.2, 0.25) is 5.15 Å². The second-order valence-corrected chi connectivity index (χ2v) is 5.87. The van der Waals surface area contributed by atoms with Crippen LogP contribution in [0.5, 0.6) is 0 Å². The molecule has 0 bridgehead atoms. The van der Waals surface area contributed by atoms with Gasteiger partial charge in [-0.25, -0.2) is 9.37 Å². The predicted molar refractivity (Wildman–Crippen MR) is 88.8 cm³/mol. The molecular weight excluding hydrogens is 371 g/mol. The SMILES string of the molecule is O=C(Nc1ccc(Br)cc1F)c1cc2ccccc2c(Cl)n1. The summed E-state index contributed by atoms with van der Waals surface area (Å²) in [5.41, 5.74) is 0.213. The highest BCUT2D eigenvalue weighted by Crippen LogP contribution is 2.24. The molecule has 0 spiro atoms. The molecule has 3 aromatic rings. The zero-order chi connectivity index (χ0) is 15.7. The second-order valence-electron chi connectivity index (χ2n) is 4.60. The summed E-state index contributed by atoms with van der Waals surface area (Å²) in [4.78, 5) is 16.3. The van der Waals surface area contributed by atoms with Crippen molar-refractivity contribution in [1.29, 1.82) is 0 Å². The van der Waals surface area contributed by atoms with Gasteiger partial charge in [-0.1, -0.05) is 51.8 Å². The van der Waals surface area contributed by atoms with Gasteiger partial charge in [-0.05, 0) is 29.7 Å². The molecule has 110 valence electrons. The highest BCUT2D eigenvalue weighted by Gasteiger charge is 2.13. The molecule has 0 fully saturated rings. The highest BCUT2D eigenvalue weighted by molar-refractivity contribution is 9.10. The average Bonchev–Trinajstić information content (AvgIpc) is 2.50. The number of rotatable bonds is 2. The Balaban J connectivity index is 1.95. The molecule has 6 heteroatoms. The molecule has 0 aliphatic carbocycles. The van der Waals surface area contributed by atoms with E-state index in [-0.39, 0.29) is 16.5 Å². The monoisotopic (exact) mass is 378 g/mol. The minimum Gasteiger partial charge on any atom is -0.318 e. The average molecular weight is 380 g/mol. The lowest BCUT2D eigenvalue weighted by Crippen LogP contribution is -2.14. The van der Waals surface area contributed by atoms with E-state index in [2.05, 4.69) is 26.2 Å². The summed E-state index contributed by atoms with van der Waals surface area (Å²) in [7, 11) is 0. The Morgan fingerprint density at radius 1 is 1.18 bits per heavy atom. The van der Waals surface area contributed by atoms with Crippen molar-refractivity contribution >= 4 is 49.9 Å². The van der Waals surface area contributed by atoms with Gasteiger partial charge in [0.25, 0.3) is 5.91 Å². The smallest absolute Gasteiger partial charge is 0.274 e. The molecule has 0 aliphatic heterocycles. The van der Waals surface area contributed by atoms with Crippen molar-refractivity contribution in [2.45, 2.75) is 0 Å². The fourth-order valence-corrected chi connectivity index (χ4v) is 2.65. The minimum absolute atomic E-state index is 0.0827. The number of fused-ring (bicyclic) bond motifs is 1. The molecule has 1 N–H and O–H groups in total. The van der Waals surface area contributed by atoms with Crippen molar-refractivity contribution in [2.75, 3.05) is 5.32 Å². The van der Waals surface area contributed by atoms with Gasteiger partial charge in [-0.3, -0.25) is 4.79 Å². The summed E-state index contributed by atoms with van der Waals surface area (Å²) in [6.07, 6.45) is 0. The quantitative estimate of drug-likeness (QED) is 0.634. The van der Waals surface area contributed by atoms with Crippen molar-refractivity contribution < 1.29 is 9.18 Å². The van der Waals surface area contributed by atoms with E-state index < -0.39 is 11.7 Å². The fraction of sp³-hybridized carbons (Fsp3) is 0. The zero-order valence-corrected chi connectivity index (χ0v) is 13.5. The predicted octanol–water partition coefficient (Wildman–Crippen LogP) is 5.04. The van der Waals surface area contributed by atoms with Gasteiger partial charge in [0.1, 0.15) is 16.7 Å². The Labute approximate surface area is 139 Å². The Hall–Kier alpha value is -1.98. The lowest BCUT2D eigenvalue weighted by molar-refractivity contribution is 0.102. The van der Waals surface area contributed by atoms with Crippen LogP contribution >= 0.6 is 27.5 Å². The molecule has 0 atom stereocenters. The van der Waals surface area contributed by atoms with E-state index in [1.54, 1.807) is 12.1 Å². The Morgan fingerprint density at radius 3 is 2.73 bits per heavy atom. The van der Waals surface area contributed by atoms with Crippen LogP contribution in [-0.4, -0.2) is 10.9 Å². The molecule has 0 unspecified atom stereocenters. The number of aromatic nitrogens is 1. The first-order chi connectivity index (χ1) is 10.5. The van der Waals surface area contributed by atoms with E-state index in [9.17, 15) is 9.18 Å². The number of benzene rings is 2. The summed E-state index contributed by atoms with van der Waals surface area (Å²) in [5.74, 6) is -1.05. The van der Waals surface area contributed by atoms with Gasteiger partial charge in [0.05, 0.1) is 5.69 Å². The molecule has 0 aliphatic rings. The maximum absolute atomic E-state index is 13.8. The summed E-state index contributed by atoms with van der Waals surface area (Å²) in [6.45, 7) is 0. The summed E-state index contributed by atoms with van der Waals surface area (Å²) < 4.78 is 14.4. The van der Waals surface area contributed by atoms with Crippen LogP contribution in [0.15, 0.2) is 53.0 Å². The van der Waals surface area contributed by atoms with E-state index >= 15 is 0 Å². The van der Waals surface area contributed by atoms with Crippen molar-refractivity contribution in [2.24, 2.45) is 0 Å². The summed E-state index contributed by atoms with van der Waals surface area (Å²) in [6, 6.07) is 13.3.